The highest BCUT2D eigenvalue weighted by atomic mass is 19.4. The number of hydrogen-bond donors (Lipinski definition) is 1. The first-order valence-corrected chi connectivity index (χ1v) is 11.0. The Morgan fingerprint density at radius 1 is 1.19 bits per heavy atom. The second-order valence-electron chi connectivity index (χ2n) is 8.81. The molecule has 7 nitrogen and oxygen atoms in total. The van der Waals surface area contributed by atoms with E-state index < -0.39 is 65.1 Å². The third-order valence-electron chi connectivity index (χ3n) is 6.14. The number of hydrogen-bond acceptors (Lipinski definition) is 6. The SMILES string of the molecule is COC(=O)c1cc(NC(=O)[C@@H]2O[C@@](C)(C(F)(F)F)[C@@H](C)[C@H]2c2ccc(F)c(F)c2OC(C)C)ccn1. The van der Waals surface area contributed by atoms with Crippen LogP contribution in [0.3, 0.4) is 0 Å². The highest BCUT2D eigenvalue weighted by molar-refractivity contribution is 5.96. The van der Waals surface area contributed by atoms with Crippen molar-refractivity contribution in [3.8, 4) is 5.75 Å². The summed E-state index contributed by atoms with van der Waals surface area (Å²) in [5, 5.41) is 2.41. The summed E-state index contributed by atoms with van der Waals surface area (Å²) >= 11 is 0. The first-order valence-electron chi connectivity index (χ1n) is 11.0. The Morgan fingerprint density at radius 2 is 1.86 bits per heavy atom. The zero-order valence-electron chi connectivity index (χ0n) is 20.1. The Kier molecular flexibility index (Phi) is 7.58. The van der Waals surface area contributed by atoms with Crippen LogP contribution in [0.4, 0.5) is 27.6 Å². The van der Waals surface area contributed by atoms with Gasteiger partial charge in [0.05, 0.1) is 13.2 Å². The first-order chi connectivity index (χ1) is 16.7. The summed E-state index contributed by atoms with van der Waals surface area (Å²) in [4.78, 5) is 28.8. The van der Waals surface area contributed by atoms with Crippen molar-refractivity contribution in [1.29, 1.82) is 0 Å². The maximum atomic E-state index is 14.7. The van der Waals surface area contributed by atoms with Gasteiger partial charge < -0.3 is 19.5 Å². The number of alkyl halides is 3. The number of methoxy groups -OCH3 is 1. The zero-order valence-corrected chi connectivity index (χ0v) is 20.1. The van der Waals surface area contributed by atoms with Crippen molar-refractivity contribution in [3.05, 3.63) is 53.4 Å². The van der Waals surface area contributed by atoms with E-state index in [4.69, 9.17) is 9.47 Å². The van der Waals surface area contributed by atoms with Gasteiger partial charge in [0.1, 0.15) is 11.8 Å². The molecule has 1 saturated heterocycles. The van der Waals surface area contributed by atoms with E-state index in [1.54, 1.807) is 0 Å². The molecule has 1 amide bonds. The van der Waals surface area contributed by atoms with Crippen molar-refractivity contribution in [2.75, 3.05) is 12.4 Å². The van der Waals surface area contributed by atoms with Crippen molar-refractivity contribution >= 4 is 17.6 Å². The normalized spacial score (nSPS) is 24.0. The summed E-state index contributed by atoms with van der Waals surface area (Å²) in [5.41, 5.74) is -3.06. The Balaban J connectivity index is 2.09. The van der Waals surface area contributed by atoms with Gasteiger partial charge >= 0.3 is 12.1 Å². The van der Waals surface area contributed by atoms with E-state index in [9.17, 15) is 31.5 Å². The van der Waals surface area contributed by atoms with E-state index in [1.807, 2.05) is 0 Å². The molecule has 36 heavy (non-hydrogen) atoms. The number of nitrogens with one attached hydrogen (secondary N) is 1. The molecule has 0 bridgehead atoms. The number of carbonyl (C=O) groups is 2. The van der Waals surface area contributed by atoms with Crippen LogP contribution in [0.15, 0.2) is 30.5 Å². The molecular formula is C24H25F5N2O5. The van der Waals surface area contributed by atoms with Crippen molar-refractivity contribution in [2.45, 2.75) is 57.6 Å². The third kappa shape index (κ3) is 4.99. The second-order valence-corrected chi connectivity index (χ2v) is 8.81. The monoisotopic (exact) mass is 516 g/mol. The largest absolute Gasteiger partial charge is 0.488 e. The lowest BCUT2D eigenvalue weighted by atomic mass is 9.77. The Hall–Kier alpha value is -3.28. The standard InChI is InChI=1S/C24H25F5N2O5/c1-11(2)35-19-14(6-7-15(25)18(19)26)17-12(3)23(4,24(27,28)29)36-20(17)21(32)31-13-8-9-30-16(10-13)22(33)34-5/h6-12,17,20H,1-5H3,(H,30,31,32)/t12-,17-,20+,23+/m0/s1. The van der Waals surface area contributed by atoms with Gasteiger partial charge in [0.2, 0.25) is 5.82 Å². The lowest BCUT2D eigenvalue weighted by molar-refractivity contribution is -0.272. The van der Waals surface area contributed by atoms with Gasteiger partial charge in [0.25, 0.3) is 5.91 Å². The minimum atomic E-state index is -4.90. The number of pyridine rings is 1. The van der Waals surface area contributed by atoms with Gasteiger partial charge in [-0.15, -0.1) is 0 Å². The van der Waals surface area contributed by atoms with Crippen molar-refractivity contribution < 1.29 is 45.8 Å². The fourth-order valence-electron chi connectivity index (χ4n) is 4.13. The van der Waals surface area contributed by atoms with Gasteiger partial charge in [-0.25, -0.2) is 14.2 Å². The minimum Gasteiger partial charge on any atom is -0.488 e. The molecule has 2 aromatic rings. The molecule has 0 aliphatic carbocycles. The lowest BCUT2D eigenvalue weighted by Gasteiger charge is -2.32. The van der Waals surface area contributed by atoms with Gasteiger partial charge in [-0.3, -0.25) is 4.79 Å². The summed E-state index contributed by atoms with van der Waals surface area (Å²) in [7, 11) is 1.13. The van der Waals surface area contributed by atoms with E-state index in [-0.39, 0.29) is 16.9 Å². The zero-order chi connectivity index (χ0) is 27.0. The van der Waals surface area contributed by atoms with Crippen LogP contribution in [-0.2, 0) is 14.3 Å². The summed E-state index contributed by atoms with van der Waals surface area (Å²) in [5.74, 6) is -7.80. The summed E-state index contributed by atoms with van der Waals surface area (Å²) in [6.07, 6.45) is -6.12. The predicted octanol–water partition coefficient (Wildman–Crippen LogP) is 5.01. The number of amides is 1. The van der Waals surface area contributed by atoms with Gasteiger partial charge in [0.15, 0.2) is 17.2 Å². The molecular weight excluding hydrogens is 491 g/mol. The van der Waals surface area contributed by atoms with Crippen molar-refractivity contribution in [3.63, 3.8) is 0 Å². The van der Waals surface area contributed by atoms with Crippen LogP contribution in [-0.4, -0.2) is 48.0 Å². The summed E-state index contributed by atoms with van der Waals surface area (Å²) in [6.45, 7) is 5.08. The smallest absolute Gasteiger partial charge is 0.417 e. The fraction of sp³-hybridized carbons (Fsp3) is 0.458. The summed E-state index contributed by atoms with van der Waals surface area (Å²) in [6, 6.07) is 4.33. The maximum absolute atomic E-state index is 14.7. The van der Waals surface area contributed by atoms with E-state index in [1.165, 1.54) is 39.1 Å². The quantitative estimate of drug-likeness (QED) is 0.429. The number of ether oxygens (including phenoxy) is 3. The maximum Gasteiger partial charge on any atom is 0.417 e. The van der Waals surface area contributed by atoms with Crippen LogP contribution in [0, 0.1) is 17.6 Å². The topological polar surface area (TPSA) is 86.8 Å². The molecule has 12 heteroatoms. The molecule has 4 atom stereocenters. The number of rotatable bonds is 6. The Morgan fingerprint density at radius 3 is 2.44 bits per heavy atom. The Bertz CT molecular complexity index is 1160. The van der Waals surface area contributed by atoms with Crippen LogP contribution < -0.4 is 10.1 Å². The number of esters is 1. The molecule has 1 fully saturated rings. The van der Waals surface area contributed by atoms with Gasteiger partial charge in [0, 0.05) is 29.3 Å². The Labute approximate surface area is 203 Å². The molecule has 1 aliphatic heterocycles. The van der Waals surface area contributed by atoms with Crippen LogP contribution in [0.1, 0.15) is 49.7 Å². The molecule has 2 heterocycles. The third-order valence-corrected chi connectivity index (χ3v) is 6.14. The number of carbonyl (C=O) groups excluding carboxylic acids is 2. The van der Waals surface area contributed by atoms with Gasteiger partial charge in [-0.2, -0.15) is 17.6 Å². The number of anilines is 1. The van der Waals surface area contributed by atoms with Crippen LogP contribution in [0.5, 0.6) is 5.75 Å². The molecule has 0 saturated carbocycles. The highest BCUT2D eigenvalue weighted by Gasteiger charge is 2.66. The molecule has 0 unspecified atom stereocenters. The molecule has 1 N–H and O–H groups in total. The van der Waals surface area contributed by atoms with E-state index >= 15 is 0 Å². The van der Waals surface area contributed by atoms with Crippen LogP contribution in [0.2, 0.25) is 0 Å². The molecule has 1 aromatic heterocycles. The van der Waals surface area contributed by atoms with E-state index in [0.717, 1.165) is 26.2 Å². The number of benzene rings is 1. The molecule has 1 aromatic carbocycles. The highest BCUT2D eigenvalue weighted by Crippen LogP contribution is 2.55. The molecule has 3 rings (SSSR count). The number of halogens is 5. The average Bonchev–Trinajstić information content (AvgIpc) is 3.08. The molecule has 1 aliphatic rings. The number of nitrogens with zero attached hydrogens (tertiary/aromatic N) is 1. The lowest BCUT2D eigenvalue weighted by Crippen LogP contribution is -2.47. The van der Waals surface area contributed by atoms with Crippen LogP contribution in [0.25, 0.3) is 0 Å². The van der Waals surface area contributed by atoms with E-state index in [0.29, 0.717) is 0 Å². The average molecular weight is 516 g/mol. The van der Waals surface area contributed by atoms with Crippen LogP contribution >= 0.6 is 0 Å². The minimum absolute atomic E-state index is 0.0370. The molecule has 0 spiro atoms. The molecule has 196 valence electrons. The van der Waals surface area contributed by atoms with Crippen molar-refractivity contribution in [1.82, 2.24) is 4.98 Å². The molecule has 0 radical (unpaired) electrons. The number of aromatic nitrogens is 1. The summed E-state index contributed by atoms with van der Waals surface area (Å²) < 4.78 is 86.4. The predicted molar refractivity (Wildman–Crippen MR) is 118 cm³/mol. The second kappa shape index (κ2) is 10.00. The first kappa shape index (κ1) is 27.3. The van der Waals surface area contributed by atoms with Crippen molar-refractivity contribution in [2.24, 2.45) is 5.92 Å². The fourth-order valence-corrected chi connectivity index (χ4v) is 4.13. The van der Waals surface area contributed by atoms with Gasteiger partial charge in [-0.05, 0) is 39.0 Å². The van der Waals surface area contributed by atoms with E-state index in [2.05, 4.69) is 15.0 Å². The van der Waals surface area contributed by atoms with Gasteiger partial charge in [-0.1, -0.05) is 13.0 Å².